The fourth-order valence-electron chi connectivity index (χ4n) is 2.36. The second-order valence-corrected chi connectivity index (χ2v) is 5.05. The number of rotatable bonds is 3. The Morgan fingerprint density at radius 3 is 2.64 bits per heavy atom. The molecular formula is C15H14F3N3O. The van der Waals surface area contributed by atoms with Crippen molar-refractivity contribution in [1.29, 1.82) is 0 Å². The molecule has 0 N–H and O–H groups in total. The molecule has 1 aliphatic heterocycles. The molecule has 1 fully saturated rings. The standard InChI is InChI=1S/C15H14F3N3O/c16-15(17,18)11-4-5-14(20-9-11)22-12-6-8-21(10-12)13-3-1-2-7-19-13/h1-5,7,9,12H,6,8,10H2. The highest BCUT2D eigenvalue weighted by Gasteiger charge is 2.31. The maximum atomic E-state index is 12.5. The normalized spacial score (nSPS) is 18.5. The van der Waals surface area contributed by atoms with Crippen LogP contribution in [0.2, 0.25) is 0 Å². The molecule has 7 heteroatoms. The molecule has 0 aromatic carbocycles. The van der Waals surface area contributed by atoms with Crippen LogP contribution in [0, 0.1) is 0 Å². The summed E-state index contributed by atoms with van der Waals surface area (Å²) >= 11 is 0. The van der Waals surface area contributed by atoms with Crippen molar-refractivity contribution in [1.82, 2.24) is 9.97 Å². The molecule has 0 saturated carbocycles. The lowest BCUT2D eigenvalue weighted by Crippen LogP contribution is -2.25. The summed E-state index contributed by atoms with van der Waals surface area (Å²) in [5, 5.41) is 0. The fraction of sp³-hybridized carbons (Fsp3) is 0.333. The number of ether oxygens (including phenoxy) is 1. The zero-order valence-corrected chi connectivity index (χ0v) is 11.6. The van der Waals surface area contributed by atoms with Gasteiger partial charge in [0.05, 0.1) is 12.1 Å². The quantitative estimate of drug-likeness (QED) is 0.873. The summed E-state index contributed by atoms with van der Waals surface area (Å²) in [6.45, 7) is 1.43. The van der Waals surface area contributed by atoms with E-state index in [-0.39, 0.29) is 12.0 Å². The monoisotopic (exact) mass is 309 g/mol. The van der Waals surface area contributed by atoms with Crippen LogP contribution in [0.3, 0.4) is 0 Å². The second-order valence-electron chi connectivity index (χ2n) is 5.05. The van der Waals surface area contributed by atoms with Gasteiger partial charge >= 0.3 is 6.18 Å². The van der Waals surface area contributed by atoms with Crippen LogP contribution in [0.25, 0.3) is 0 Å². The first-order valence-electron chi connectivity index (χ1n) is 6.88. The van der Waals surface area contributed by atoms with E-state index in [2.05, 4.69) is 14.9 Å². The van der Waals surface area contributed by atoms with Crippen molar-refractivity contribution in [3.8, 4) is 5.88 Å². The summed E-state index contributed by atoms with van der Waals surface area (Å²) in [6.07, 6.45) is -1.19. The summed E-state index contributed by atoms with van der Waals surface area (Å²) in [6, 6.07) is 7.91. The van der Waals surface area contributed by atoms with Gasteiger partial charge in [0, 0.05) is 31.4 Å². The molecule has 116 valence electrons. The van der Waals surface area contributed by atoms with Crippen LogP contribution >= 0.6 is 0 Å². The molecule has 2 aromatic rings. The van der Waals surface area contributed by atoms with Crippen LogP contribution in [0.1, 0.15) is 12.0 Å². The van der Waals surface area contributed by atoms with Crippen molar-refractivity contribution in [2.45, 2.75) is 18.7 Å². The maximum absolute atomic E-state index is 12.5. The number of hydrogen-bond donors (Lipinski definition) is 0. The van der Waals surface area contributed by atoms with Crippen LogP contribution in [0.15, 0.2) is 42.7 Å². The lowest BCUT2D eigenvalue weighted by molar-refractivity contribution is -0.137. The predicted molar refractivity (Wildman–Crippen MR) is 74.7 cm³/mol. The molecule has 3 rings (SSSR count). The lowest BCUT2D eigenvalue weighted by atomic mass is 10.3. The Morgan fingerprint density at radius 1 is 1.14 bits per heavy atom. The van der Waals surface area contributed by atoms with Crippen molar-refractivity contribution < 1.29 is 17.9 Å². The average Bonchev–Trinajstić information content (AvgIpc) is 2.96. The van der Waals surface area contributed by atoms with Crippen LogP contribution < -0.4 is 9.64 Å². The van der Waals surface area contributed by atoms with Crippen LogP contribution in [-0.4, -0.2) is 29.2 Å². The van der Waals surface area contributed by atoms with E-state index in [0.29, 0.717) is 6.54 Å². The van der Waals surface area contributed by atoms with Crippen molar-refractivity contribution in [3.05, 3.63) is 48.3 Å². The largest absolute Gasteiger partial charge is 0.472 e. The summed E-state index contributed by atoms with van der Waals surface area (Å²) < 4.78 is 43.1. The van der Waals surface area contributed by atoms with Crippen molar-refractivity contribution >= 4 is 5.82 Å². The van der Waals surface area contributed by atoms with E-state index in [1.807, 2.05) is 18.2 Å². The van der Waals surface area contributed by atoms with E-state index in [1.165, 1.54) is 6.07 Å². The fourth-order valence-corrected chi connectivity index (χ4v) is 2.36. The van der Waals surface area contributed by atoms with Gasteiger partial charge in [-0.15, -0.1) is 0 Å². The Bertz CT molecular complexity index is 616. The number of hydrogen-bond acceptors (Lipinski definition) is 4. The zero-order chi connectivity index (χ0) is 15.6. The second kappa shape index (κ2) is 5.82. The molecule has 1 aliphatic rings. The van der Waals surface area contributed by atoms with Gasteiger partial charge in [0.1, 0.15) is 11.9 Å². The highest BCUT2D eigenvalue weighted by molar-refractivity contribution is 5.39. The molecule has 0 radical (unpaired) electrons. The van der Waals surface area contributed by atoms with Crippen molar-refractivity contribution in [3.63, 3.8) is 0 Å². The van der Waals surface area contributed by atoms with E-state index in [9.17, 15) is 13.2 Å². The van der Waals surface area contributed by atoms with Gasteiger partial charge in [0.15, 0.2) is 0 Å². The van der Waals surface area contributed by atoms with Gasteiger partial charge in [-0.05, 0) is 18.2 Å². The number of pyridine rings is 2. The van der Waals surface area contributed by atoms with E-state index in [1.54, 1.807) is 6.20 Å². The van der Waals surface area contributed by atoms with Gasteiger partial charge in [0.2, 0.25) is 5.88 Å². The molecule has 3 heterocycles. The van der Waals surface area contributed by atoms with Gasteiger partial charge in [-0.1, -0.05) is 6.07 Å². The van der Waals surface area contributed by atoms with Crippen LogP contribution in [0.5, 0.6) is 5.88 Å². The summed E-state index contributed by atoms with van der Waals surface area (Å²) in [5.74, 6) is 1.08. The first-order valence-corrected chi connectivity index (χ1v) is 6.88. The van der Waals surface area contributed by atoms with Crippen molar-refractivity contribution in [2.75, 3.05) is 18.0 Å². The van der Waals surface area contributed by atoms with Gasteiger partial charge < -0.3 is 9.64 Å². The highest BCUT2D eigenvalue weighted by Crippen LogP contribution is 2.29. The molecule has 0 aliphatic carbocycles. The number of halogens is 3. The molecule has 2 aromatic heterocycles. The van der Waals surface area contributed by atoms with E-state index in [0.717, 1.165) is 31.0 Å². The van der Waals surface area contributed by atoms with Crippen molar-refractivity contribution in [2.24, 2.45) is 0 Å². The lowest BCUT2D eigenvalue weighted by Gasteiger charge is -2.17. The number of aromatic nitrogens is 2. The summed E-state index contributed by atoms with van der Waals surface area (Å²) in [4.78, 5) is 10.1. The van der Waals surface area contributed by atoms with Gasteiger partial charge in [-0.25, -0.2) is 9.97 Å². The third-order valence-electron chi connectivity index (χ3n) is 3.47. The predicted octanol–water partition coefficient (Wildman–Crippen LogP) is 3.15. The molecule has 22 heavy (non-hydrogen) atoms. The molecule has 0 bridgehead atoms. The molecule has 1 unspecified atom stereocenters. The molecule has 1 saturated heterocycles. The Hall–Kier alpha value is -2.31. The Morgan fingerprint density at radius 2 is 2.00 bits per heavy atom. The third-order valence-corrected chi connectivity index (χ3v) is 3.47. The van der Waals surface area contributed by atoms with E-state index >= 15 is 0 Å². The number of anilines is 1. The molecule has 4 nitrogen and oxygen atoms in total. The Kier molecular flexibility index (Phi) is 3.87. The molecule has 1 atom stereocenters. The van der Waals surface area contributed by atoms with Crippen LogP contribution in [-0.2, 0) is 6.18 Å². The Labute approximate surface area is 125 Å². The molecule has 0 spiro atoms. The SMILES string of the molecule is FC(F)(F)c1ccc(OC2CCN(c3ccccn3)C2)nc1. The number of nitrogens with zero attached hydrogens (tertiary/aromatic N) is 3. The average molecular weight is 309 g/mol. The van der Waals surface area contributed by atoms with E-state index in [4.69, 9.17) is 4.74 Å². The first-order chi connectivity index (χ1) is 10.5. The first kappa shape index (κ1) is 14.6. The minimum absolute atomic E-state index is 0.105. The van der Waals surface area contributed by atoms with Gasteiger partial charge in [-0.3, -0.25) is 0 Å². The maximum Gasteiger partial charge on any atom is 0.417 e. The molecule has 0 amide bonds. The summed E-state index contributed by atoms with van der Waals surface area (Å²) in [5.41, 5.74) is -0.776. The minimum Gasteiger partial charge on any atom is -0.472 e. The third kappa shape index (κ3) is 3.29. The smallest absolute Gasteiger partial charge is 0.417 e. The van der Waals surface area contributed by atoms with E-state index < -0.39 is 11.7 Å². The van der Waals surface area contributed by atoms with Gasteiger partial charge in [0.25, 0.3) is 0 Å². The topological polar surface area (TPSA) is 38.2 Å². The van der Waals surface area contributed by atoms with Crippen LogP contribution in [0.4, 0.5) is 19.0 Å². The van der Waals surface area contributed by atoms with Gasteiger partial charge in [-0.2, -0.15) is 13.2 Å². The minimum atomic E-state index is -4.38. The zero-order valence-electron chi connectivity index (χ0n) is 11.6. The number of alkyl halides is 3. The molecular weight excluding hydrogens is 295 g/mol. The summed E-state index contributed by atoms with van der Waals surface area (Å²) in [7, 11) is 0. The Balaban J connectivity index is 1.61. The highest BCUT2D eigenvalue weighted by atomic mass is 19.4.